The fourth-order valence-electron chi connectivity index (χ4n) is 3.20. The van der Waals surface area contributed by atoms with Gasteiger partial charge in [0.2, 0.25) is 0 Å². The largest absolute Gasteiger partial charge is 0.389 e. The molecule has 1 aromatic rings. The monoisotopic (exact) mass is 249 g/mol. The van der Waals surface area contributed by atoms with Crippen LogP contribution >= 0.6 is 11.8 Å². The standard InChI is InChI=1S/C14H19NOS/c16-14(8-11-4-1-2-7-15-11)9-12-5-3-6-13(10-14)17-12/h1-2,4,7,12-13,16H,3,5-6,8-10H2. The smallest absolute Gasteiger partial charge is 0.0724 e. The fraction of sp³-hybridized carbons (Fsp3) is 0.643. The Morgan fingerprint density at radius 2 is 2.06 bits per heavy atom. The zero-order valence-corrected chi connectivity index (χ0v) is 10.8. The molecule has 3 heterocycles. The number of pyridine rings is 1. The molecule has 3 rings (SSSR count). The van der Waals surface area contributed by atoms with E-state index in [-0.39, 0.29) is 0 Å². The molecule has 0 radical (unpaired) electrons. The molecule has 1 N–H and O–H groups in total. The molecule has 2 saturated heterocycles. The van der Waals surface area contributed by atoms with Crippen LogP contribution in [0.3, 0.4) is 0 Å². The van der Waals surface area contributed by atoms with Crippen LogP contribution in [-0.2, 0) is 6.42 Å². The molecule has 0 amide bonds. The van der Waals surface area contributed by atoms with E-state index in [0.29, 0.717) is 10.5 Å². The van der Waals surface area contributed by atoms with Gasteiger partial charge >= 0.3 is 0 Å². The van der Waals surface area contributed by atoms with Gasteiger partial charge < -0.3 is 5.11 Å². The lowest BCUT2D eigenvalue weighted by Gasteiger charge is -2.43. The summed E-state index contributed by atoms with van der Waals surface area (Å²) in [4.78, 5) is 4.35. The maximum absolute atomic E-state index is 10.8. The summed E-state index contributed by atoms with van der Waals surface area (Å²) >= 11 is 2.11. The van der Waals surface area contributed by atoms with Crippen LogP contribution < -0.4 is 0 Å². The number of nitrogens with zero attached hydrogens (tertiary/aromatic N) is 1. The van der Waals surface area contributed by atoms with Gasteiger partial charge in [-0.15, -0.1) is 0 Å². The average molecular weight is 249 g/mol. The van der Waals surface area contributed by atoms with Crippen molar-refractivity contribution >= 4 is 11.8 Å². The van der Waals surface area contributed by atoms with Gasteiger partial charge in [0.1, 0.15) is 0 Å². The van der Waals surface area contributed by atoms with Crippen LogP contribution in [0.5, 0.6) is 0 Å². The Morgan fingerprint density at radius 1 is 1.29 bits per heavy atom. The summed E-state index contributed by atoms with van der Waals surface area (Å²) < 4.78 is 0. The van der Waals surface area contributed by atoms with E-state index in [1.165, 1.54) is 19.3 Å². The predicted octanol–water partition coefficient (Wildman–Crippen LogP) is 2.80. The third kappa shape index (κ3) is 2.66. The van der Waals surface area contributed by atoms with E-state index >= 15 is 0 Å². The summed E-state index contributed by atoms with van der Waals surface area (Å²) in [5.74, 6) is 0. The minimum absolute atomic E-state index is 0.505. The highest BCUT2D eigenvalue weighted by Crippen LogP contribution is 2.46. The number of rotatable bonds is 2. The molecule has 17 heavy (non-hydrogen) atoms. The van der Waals surface area contributed by atoms with Crippen molar-refractivity contribution in [3.05, 3.63) is 30.1 Å². The lowest BCUT2D eigenvalue weighted by Crippen LogP contribution is -2.44. The Balaban J connectivity index is 1.73. The fourth-order valence-corrected chi connectivity index (χ4v) is 5.16. The molecule has 2 bridgehead atoms. The van der Waals surface area contributed by atoms with Crippen LogP contribution in [0.1, 0.15) is 37.8 Å². The highest BCUT2D eigenvalue weighted by molar-refractivity contribution is 8.00. The number of fused-ring (bicyclic) bond motifs is 2. The molecule has 92 valence electrons. The summed E-state index contributed by atoms with van der Waals surface area (Å²) in [5, 5.41) is 12.1. The van der Waals surface area contributed by atoms with E-state index in [0.717, 1.165) is 25.0 Å². The topological polar surface area (TPSA) is 33.1 Å². The van der Waals surface area contributed by atoms with Crippen molar-refractivity contribution in [2.75, 3.05) is 0 Å². The van der Waals surface area contributed by atoms with E-state index in [2.05, 4.69) is 16.7 Å². The molecule has 0 saturated carbocycles. The van der Waals surface area contributed by atoms with Gasteiger partial charge in [0.25, 0.3) is 0 Å². The van der Waals surface area contributed by atoms with Crippen LogP contribution in [0.2, 0.25) is 0 Å². The van der Waals surface area contributed by atoms with Gasteiger partial charge in [-0.1, -0.05) is 12.5 Å². The van der Waals surface area contributed by atoms with Crippen molar-refractivity contribution < 1.29 is 5.11 Å². The number of aliphatic hydroxyl groups is 1. The maximum Gasteiger partial charge on any atom is 0.0724 e. The van der Waals surface area contributed by atoms with Crippen molar-refractivity contribution in [2.45, 2.75) is 54.6 Å². The van der Waals surface area contributed by atoms with Crippen molar-refractivity contribution in [2.24, 2.45) is 0 Å². The molecule has 2 fully saturated rings. The highest BCUT2D eigenvalue weighted by Gasteiger charge is 2.41. The van der Waals surface area contributed by atoms with Crippen LogP contribution in [0.25, 0.3) is 0 Å². The molecule has 3 heteroatoms. The number of hydrogen-bond donors (Lipinski definition) is 1. The molecule has 1 aromatic heterocycles. The van der Waals surface area contributed by atoms with Crippen molar-refractivity contribution in [3.8, 4) is 0 Å². The maximum atomic E-state index is 10.8. The lowest BCUT2D eigenvalue weighted by molar-refractivity contribution is 0.0121. The number of hydrogen-bond acceptors (Lipinski definition) is 3. The lowest BCUT2D eigenvalue weighted by atomic mass is 9.82. The molecular formula is C14H19NOS. The van der Waals surface area contributed by atoms with E-state index in [4.69, 9.17) is 0 Å². The molecule has 2 nitrogen and oxygen atoms in total. The molecule has 2 atom stereocenters. The Hall–Kier alpha value is -0.540. The Bertz CT molecular complexity index is 369. The van der Waals surface area contributed by atoms with Crippen LogP contribution in [0, 0.1) is 0 Å². The minimum Gasteiger partial charge on any atom is -0.389 e. The Labute approximate surface area is 107 Å². The van der Waals surface area contributed by atoms with Gasteiger partial charge in [-0.25, -0.2) is 0 Å². The second kappa shape index (κ2) is 4.62. The van der Waals surface area contributed by atoms with E-state index in [1.54, 1.807) is 0 Å². The molecule has 2 aliphatic heterocycles. The first-order chi connectivity index (χ1) is 8.23. The van der Waals surface area contributed by atoms with Gasteiger partial charge in [0, 0.05) is 28.8 Å². The average Bonchev–Trinajstić information content (AvgIpc) is 2.28. The predicted molar refractivity (Wildman–Crippen MR) is 71.1 cm³/mol. The van der Waals surface area contributed by atoms with E-state index in [1.807, 2.05) is 24.4 Å². The summed E-state index contributed by atoms with van der Waals surface area (Å²) in [5.41, 5.74) is 0.523. The second-order valence-corrected chi connectivity index (χ2v) is 7.05. The zero-order chi connectivity index (χ0) is 11.7. The van der Waals surface area contributed by atoms with E-state index in [9.17, 15) is 5.11 Å². The Kier molecular flexibility index (Phi) is 3.14. The van der Waals surface area contributed by atoms with Gasteiger partial charge in [-0.05, 0) is 37.8 Å². The van der Waals surface area contributed by atoms with E-state index < -0.39 is 5.60 Å². The SMILES string of the molecule is OC1(Cc2ccccn2)CC2CCCC(C1)S2. The highest BCUT2D eigenvalue weighted by atomic mass is 32.2. The van der Waals surface area contributed by atoms with Gasteiger partial charge in [0.15, 0.2) is 0 Å². The summed E-state index contributed by atoms with van der Waals surface area (Å²) in [6.07, 6.45) is 8.35. The molecule has 0 aliphatic carbocycles. The van der Waals surface area contributed by atoms with Crippen LogP contribution in [-0.4, -0.2) is 26.2 Å². The van der Waals surface area contributed by atoms with Crippen molar-refractivity contribution in [1.29, 1.82) is 0 Å². The first-order valence-corrected chi connectivity index (χ1v) is 7.46. The molecule has 0 aromatic carbocycles. The van der Waals surface area contributed by atoms with Crippen LogP contribution in [0.4, 0.5) is 0 Å². The van der Waals surface area contributed by atoms with Crippen molar-refractivity contribution in [1.82, 2.24) is 4.98 Å². The quantitative estimate of drug-likeness (QED) is 0.875. The van der Waals surface area contributed by atoms with Crippen LogP contribution in [0.15, 0.2) is 24.4 Å². The Morgan fingerprint density at radius 3 is 2.71 bits per heavy atom. The van der Waals surface area contributed by atoms with Crippen molar-refractivity contribution in [3.63, 3.8) is 0 Å². The van der Waals surface area contributed by atoms with Gasteiger partial charge in [-0.3, -0.25) is 4.98 Å². The zero-order valence-electron chi connectivity index (χ0n) is 10.0. The summed E-state index contributed by atoms with van der Waals surface area (Å²) in [6.45, 7) is 0. The van der Waals surface area contributed by atoms with Gasteiger partial charge in [-0.2, -0.15) is 11.8 Å². The first kappa shape index (κ1) is 11.5. The molecule has 2 unspecified atom stereocenters. The third-order valence-electron chi connectivity index (χ3n) is 3.89. The normalized spacial score (nSPS) is 36.8. The van der Waals surface area contributed by atoms with Gasteiger partial charge in [0.05, 0.1) is 5.60 Å². The number of aromatic nitrogens is 1. The minimum atomic E-state index is -0.505. The molecular weight excluding hydrogens is 230 g/mol. The molecule has 2 aliphatic rings. The third-order valence-corrected chi connectivity index (χ3v) is 5.46. The first-order valence-electron chi connectivity index (χ1n) is 6.51. The summed E-state index contributed by atoms with van der Waals surface area (Å²) in [6, 6.07) is 5.96. The number of thioether (sulfide) groups is 1. The summed E-state index contributed by atoms with van der Waals surface area (Å²) in [7, 11) is 0. The molecule has 0 spiro atoms. The second-order valence-electron chi connectivity index (χ2n) is 5.44.